The van der Waals surface area contributed by atoms with E-state index < -0.39 is 15.1 Å². The summed E-state index contributed by atoms with van der Waals surface area (Å²) in [7, 11) is -4.78. The molecule has 0 spiro atoms. The van der Waals surface area contributed by atoms with Gasteiger partial charge in [-0.3, -0.25) is 0 Å². The third kappa shape index (κ3) is 4.26. The molecule has 0 saturated heterocycles. The van der Waals surface area contributed by atoms with Crippen molar-refractivity contribution in [2.75, 3.05) is 12.3 Å². The van der Waals surface area contributed by atoms with Crippen LogP contribution in [0.2, 0.25) is 0 Å². The number of nitrogens with zero attached hydrogens (tertiary/aromatic N) is 2. The molecule has 2 aromatic rings. The van der Waals surface area contributed by atoms with E-state index in [0.29, 0.717) is 29.3 Å². The van der Waals surface area contributed by atoms with E-state index in [-0.39, 0.29) is 5.69 Å². The van der Waals surface area contributed by atoms with Gasteiger partial charge in [0.05, 0.1) is 23.7 Å². The number of ether oxygens (including phenoxy) is 1. The first-order valence-corrected chi connectivity index (χ1v) is 8.19. The van der Waals surface area contributed by atoms with E-state index in [1.807, 2.05) is 6.92 Å². The average molecular weight is 337 g/mol. The van der Waals surface area contributed by atoms with Crippen molar-refractivity contribution >= 4 is 27.3 Å². The second kappa shape index (κ2) is 6.74. The van der Waals surface area contributed by atoms with Crippen LogP contribution in [0.1, 0.15) is 12.5 Å². The molecule has 2 N–H and O–H groups in total. The van der Waals surface area contributed by atoms with Crippen LogP contribution in [0.3, 0.4) is 0 Å². The lowest BCUT2D eigenvalue weighted by Crippen LogP contribution is -1.95. The normalized spacial score (nSPS) is 11.8. The highest BCUT2D eigenvalue weighted by molar-refractivity contribution is 7.86. The van der Waals surface area contributed by atoms with Crippen LogP contribution >= 0.6 is 0 Å². The van der Waals surface area contributed by atoms with E-state index in [9.17, 15) is 12.3 Å². The smallest absolute Gasteiger partial charge is 0.332 e. The van der Waals surface area contributed by atoms with E-state index >= 15 is 0 Å². The quantitative estimate of drug-likeness (QED) is 0.506. The van der Waals surface area contributed by atoms with Gasteiger partial charge in [-0.05, 0) is 43.7 Å². The number of azo groups is 1. The van der Waals surface area contributed by atoms with Gasteiger partial charge in [-0.1, -0.05) is 6.07 Å². The fourth-order valence-electron chi connectivity index (χ4n) is 1.83. The molecule has 0 radical (unpaired) electrons. The van der Waals surface area contributed by atoms with Crippen LogP contribution in [0.15, 0.2) is 51.5 Å². The molecule has 0 aliphatic carbocycles. The lowest BCUT2D eigenvalue weighted by molar-refractivity contribution is 0.342. The van der Waals surface area contributed by atoms with Crippen LogP contribution < -0.4 is 10.5 Å². The first kappa shape index (κ1) is 16.9. The Kier molecular flexibility index (Phi) is 4.95. The van der Waals surface area contributed by atoms with Crippen molar-refractivity contribution in [2.45, 2.75) is 18.7 Å². The molecule has 2 aromatic carbocycles. The van der Waals surface area contributed by atoms with Gasteiger partial charge in [0.2, 0.25) is 0 Å². The maximum Gasteiger partial charge on any atom is 0.332 e. The van der Waals surface area contributed by atoms with Gasteiger partial charge in [-0.15, -0.1) is 3.89 Å². The van der Waals surface area contributed by atoms with Gasteiger partial charge in [0.15, 0.2) is 0 Å². The highest BCUT2D eigenvalue weighted by Crippen LogP contribution is 2.30. The van der Waals surface area contributed by atoms with E-state index in [0.717, 1.165) is 6.07 Å². The van der Waals surface area contributed by atoms with E-state index in [1.165, 1.54) is 12.1 Å². The summed E-state index contributed by atoms with van der Waals surface area (Å²) in [6, 6.07) is 8.68. The highest BCUT2D eigenvalue weighted by Gasteiger charge is 2.13. The Balaban J connectivity index is 2.35. The number of halogens is 1. The minimum Gasteiger partial charge on any atom is -0.492 e. The average Bonchev–Trinajstić information content (AvgIpc) is 2.48. The van der Waals surface area contributed by atoms with Crippen molar-refractivity contribution in [2.24, 2.45) is 10.2 Å². The molecule has 8 heteroatoms. The summed E-state index contributed by atoms with van der Waals surface area (Å²) < 4.78 is 40.3. The lowest BCUT2D eigenvalue weighted by Gasteiger charge is -2.06. The third-order valence-electron chi connectivity index (χ3n) is 3.03. The highest BCUT2D eigenvalue weighted by atomic mass is 32.3. The third-order valence-corrected chi connectivity index (χ3v) is 3.85. The molecular weight excluding hydrogens is 321 g/mol. The van der Waals surface area contributed by atoms with Gasteiger partial charge in [-0.25, -0.2) is 0 Å². The molecule has 23 heavy (non-hydrogen) atoms. The van der Waals surface area contributed by atoms with E-state index in [2.05, 4.69) is 10.2 Å². The zero-order valence-corrected chi connectivity index (χ0v) is 13.5. The van der Waals surface area contributed by atoms with Gasteiger partial charge in [0.25, 0.3) is 0 Å². The molecule has 0 fully saturated rings. The zero-order chi connectivity index (χ0) is 17.0. The number of nitrogen functional groups attached to an aromatic ring is 1. The molecule has 0 bridgehead atoms. The number of aryl methyl sites for hydroxylation is 1. The Morgan fingerprint density at radius 2 is 1.91 bits per heavy atom. The monoisotopic (exact) mass is 337 g/mol. The Morgan fingerprint density at radius 3 is 2.57 bits per heavy atom. The van der Waals surface area contributed by atoms with Crippen LogP contribution in [-0.4, -0.2) is 15.0 Å². The first-order chi connectivity index (χ1) is 10.8. The molecule has 0 amide bonds. The second-order valence-electron chi connectivity index (χ2n) is 4.74. The molecule has 0 saturated carbocycles. The molecule has 0 aliphatic heterocycles. The Morgan fingerprint density at radius 1 is 1.17 bits per heavy atom. The van der Waals surface area contributed by atoms with E-state index in [4.69, 9.17) is 10.5 Å². The Bertz CT molecular complexity index is 851. The molecule has 2 rings (SSSR count). The number of hydrogen-bond donors (Lipinski definition) is 1. The van der Waals surface area contributed by atoms with Crippen LogP contribution in [0.5, 0.6) is 5.75 Å². The van der Waals surface area contributed by atoms with Gasteiger partial charge >= 0.3 is 10.2 Å². The molecule has 0 aromatic heterocycles. The van der Waals surface area contributed by atoms with Gasteiger partial charge in [0.1, 0.15) is 10.6 Å². The number of rotatable bonds is 5. The molecule has 0 atom stereocenters. The van der Waals surface area contributed by atoms with Crippen molar-refractivity contribution < 1.29 is 17.0 Å². The summed E-state index contributed by atoms with van der Waals surface area (Å²) in [6.07, 6.45) is 0. The maximum atomic E-state index is 13.0. The van der Waals surface area contributed by atoms with Crippen LogP contribution in [-0.2, 0) is 10.2 Å². The number of anilines is 1. The number of nitrogens with two attached hydrogens (primary N) is 1. The predicted molar refractivity (Wildman–Crippen MR) is 85.7 cm³/mol. The van der Waals surface area contributed by atoms with Crippen LogP contribution in [0.4, 0.5) is 20.9 Å². The van der Waals surface area contributed by atoms with Gasteiger partial charge < -0.3 is 10.5 Å². The fraction of sp³-hybridized carbons (Fsp3) is 0.200. The number of benzene rings is 2. The summed E-state index contributed by atoms with van der Waals surface area (Å²) in [5, 5.41) is 8.00. The fourth-order valence-corrected chi connectivity index (χ4v) is 2.31. The minimum atomic E-state index is -4.78. The molecular formula is C15H16FN3O3S. The van der Waals surface area contributed by atoms with Crippen molar-refractivity contribution in [1.29, 1.82) is 0 Å². The summed E-state index contributed by atoms with van der Waals surface area (Å²) in [5.41, 5.74) is 7.66. The molecule has 0 heterocycles. The molecule has 6 nitrogen and oxygen atoms in total. The van der Waals surface area contributed by atoms with Crippen molar-refractivity contribution in [3.05, 3.63) is 42.0 Å². The summed E-state index contributed by atoms with van der Waals surface area (Å²) in [4.78, 5) is -0.454. The standard InChI is InChI=1S/C15H16FN3O3S/c1-3-22-15-8-11(5-7-13(15)17)18-19-14-9-12(23(16,20)21)6-4-10(14)2/h4-9H,3,17H2,1-2H3/b19-18+. The predicted octanol–water partition coefficient (Wildman–Crippen LogP) is 4.05. The SMILES string of the molecule is CCOc1cc(/N=N/c2cc(S(=O)(=O)F)ccc2C)ccc1N. The van der Waals surface area contributed by atoms with Gasteiger partial charge in [-0.2, -0.15) is 18.6 Å². The largest absolute Gasteiger partial charge is 0.492 e. The summed E-state index contributed by atoms with van der Waals surface area (Å²) in [5.74, 6) is 0.487. The zero-order valence-electron chi connectivity index (χ0n) is 12.7. The lowest BCUT2D eigenvalue weighted by atomic mass is 10.2. The van der Waals surface area contributed by atoms with Crippen molar-refractivity contribution in [3.63, 3.8) is 0 Å². The first-order valence-electron chi connectivity index (χ1n) is 6.80. The topological polar surface area (TPSA) is 94.1 Å². The van der Waals surface area contributed by atoms with Crippen LogP contribution in [0, 0.1) is 6.92 Å². The Hall–Kier alpha value is -2.48. The Labute approximate surface area is 134 Å². The van der Waals surface area contributed by atoms with E-state index in [1.54, 1.807) is 25.1 Å². The van der Waals surface area contributed by atoms with Crippen molar-refractivity contribution in [1.82, 2.24) is 0 Å². The van der Waals surface area contributed by atoms with Crippen LogP contribution in [0.25, 0.3) is 0 Å². The van der Waals surface area contributed by atoms with Gasteiger partial charge in [0, 0.05) is 6.07 Å². The summed E-state index contributed by atoms with van der Waals surface area (Å²) >= 11 is 0. The maximum absolute atomic E-state index is 13.0. The summed E-state index contributed by atoms with van der Waals surface area (Å²) in [6.45, 7) is 4.01. The molecule has 122 valence electrons. The molecule has 0 unspecified atom stereocenters. The second-order valence-corrected chi connectivity index (χ2v) is 6.09. The minimum absolute atomic E-state index is 0.263. The molecule has 0 aliphatic rings. The number of hydrogen-bond acceptors (Lipinski definition) is 6. The van der Waals surface area contributed by atoms with Crippen molar-refractivity contribution in [3.8, 4) is 5.75 Å².